The molecule has 5 rings (SSSR count). The van der Waals surface area contributed by atoms with Crippen LogP contribution < -0.4 is 10.1 Å². The largest absolute Gasteiger partial charge is 0.496 e. The van der Waals surface area contributed by atoms with Crippen LogP contribution in [-0.4, -0.2) is 28.2 Å². The number of halogens is 1. The summed E-state index contributed by atoms with van der Waals surface area (Å²) in [4.78, 5) is 19.6. The van der Waals surface area contributed by atoms with Gasteiger partial charge in [-0.2, -0.15) is 4.98 Å². The number of hydrogen-bond donors (Lipinski definition) is 1. The van der Waals surface area contributed by atoms with Crippen LogP contribution >= 0.6 is 0 Å². The van der Waals surface area contributed by atoms with Crippen LogP contribution in [0.3, 0.4) is 0 Å². The molecule has 1 aromatic heterocycles. The van der Waals surface area contributed by atoms with Gasteiger partial charge in [0, 0.05) is 16.8 Å². The fourth-order valence-corrected chi connectivity index (χ4v) is 4.39. The maximum absolute atomic E-state index is 13.7. The highest BCUT2D eigenvalue weighted by atomic mass is 19.1. The number of rotatable bonds is 6. The quantitative estimate of drug-likeness (QED) is 0.369. The molecule has 1 aliphatic rings. The molecule has 182 valence electrons. The number of urea groups is 1. The van der Waals surface area contributed by atoms with E-state index in [1.165, 1.54) is 12.1 Å². The van der Waals surface area contributed by atoms with Gasteiger partial charge in [0.2, 0.25) is 5.82 Å². The number of allylic oxidation sites excluding steroid dienone is 1. The lowest BCUT2D eigenvalue weighted by atomic mass is 9.94. The number of benzene rings is 3. The number of amides is 2. The lowest BCUT2D eigenvalue weighted by molar-refractivity contribution is 0.202. The Bertz CT molecular complexity index is 1450. The van der Waals surface area contributed by atoms with Crippen molar-refractivity contribution >= 4 is 11.6 Å². The normalized spacial score (nSPS) is 15.7. The van der Waals surface area contributed by atoms with Crippen molar-refractivity contribution < 1.29 is 18.4 Å². The second-order valence-corrected chi connectivity index (χ2v) is 8.62. The van der Waals surface area contributed by atoms with Crippen LogP contribution in [0.25, 0.3) is 17.0 Å². The molecule has 4 aromatic rings. The molecule has 0 saturated carbocycles. The number of methoxy groups -OCH3 is 1. The summed E-state index contributed by atoms with van der Waals surface area (Å²) in [5.41, 5.74) is 4.74. The van der Waals surface area contributed by atoms with Gasteiger partial charge in [0.05, 0.1) is 25.3 Å². The lowest BCUT2D eigenvalue weighted by Gasteiger charge is -2.35. The van der Waals surface area contributed by atoms with Crippen LogP contribution in [0.5, 0.6) is 5.75 Å². The molecular weight excluding hydrogens is 459 g/mol. The minimum absolute atomic E-state index is 0.278. The fraction of sp³-hybridized carbons (Fsp3) is 0.179. The Hall–Kier alpha value is -4.46. The summed E-state index contributed by atoms with van der Waals surface area (Å²) >= 11 is 0. The molecule has 1 atom stereocenters. The number of nitrogens with zero attached hydrogens (tertiary/aromatic N) is 3. The molecule has 1 unspecified atom stereocenters. The van der Waals surface area contributed by atoms with Crippen LogP contribution in [-0.2, 0) is 6.54 Å². The van der Waals surface area contributed by atoms with Gasteiger partial charge in [0.1, 0.15) is 11.6 Å². The van der Waals surface area contributed by atoms with Gasteiger partial charge in [-0.1, -0.05) is 59.3 Å². The second kappa shape index (κ2) is 9.65. The van der Waals surface area contributed by atoms with E-state index in [0.29, 0.717) is 28.4 Å². The maximum Gasteiger partial charge on any atom is 0.322 e. The summed E-state index contributed by atoms with van der Waals surface area (Å²) < 4.78 is 24.9. The molecule has 0 aliphatic carbocycles. The van der Waals surface area contributed by atoms with E-state index in [2.05, 4.69) is 15.5 Å². The first-order chi connectivity index (χ1) is 17.4. The minimum Gasteiger partial charge on any atom is -0.496 e. The molecule has 7 nitrogen and oxygen atoms in total. The van der Waals surface area contributed by atoms with E-state index in [9.17, 15) is 9.18 Å². The summed E-state index contributed by atoms with van der Waals surface area (Å²) in [5.74, 6) is 1.05. The minimum atomic E-state index is -0.599. The average Bonchev–Trinajstić information content (AvgIpc) is 3.37. The molecule has 3 aromatic carbocycles. The van der Waals surface area contributed by atoms with Gasteiger partial charge in [-0.05, 0) is 43.7 Å². The first-order valence-electron chi connectivity index (χ1n) is 11.5. The van der Waals surface area contributed by atoms with Gasteiger partial charge in [0.15, 0.2) is 0 Å². The zero-order valence-electron chi connectivity index (χ0n) is 20.2. The van der Waals surface area contributed by atoms with Crippen molar-refractivity contribution in [3.8, 4) is 17.1 Å². The monoisotopic (exact) mass is 484 g/mol. The predicted octanol–water partition coefficient (Wildman–Crippen LogP) is 5.89. The number of aryl methyl sites for hydroxylation is 1. The summed E-state index contributed by atoms with van der Waals surface area (Å²) in [7, 11) is 1.60. The second-order valence-electron chi connectivity index (χ2n) is 8.62. The molecular formula is C28H25FN4O3. The predicted molar refractivity (Wildman–Crippen MR) is 133 cm³/mol. The van der Waals surface area contributed by atoms with Crippen LogP contribution in [0.1, 0.15) is 35.5 Å². The maximum atomic E-state index is 13.7. The number of hydrogen-bond acceptors (Lipinski definition) is 5. The van der Waals surface area contributed by atoms with E-state index >= 15 is 0 Å². The van der Waals surface area contributed by atoms with Gasteiger partial charge in [-0.3, -0.25) is 4.90 Å². The van der Waals surface area contributed by atoms with E-state index in [0.717, 1.165) is 16.7 Å². The molecule has 1 aliphatic heterocycles. The Balaban J connectivity index is 1.61. The number of carbonyl (C=O) groups is 1. The van der Waals surface area contributed by atoms with Crippen LogP contribution in [0.4, 0.5) is 9.18 Å². The molecule has 1 N–H and O–H groups in total. The van der Waals surface area contributed by atoms with E-state index in [-0.39, 0.29) is 24.3 Å². The highest BCUT2D eigenvalue weighted by Gasteiger charge is 2.36. The van der Waals surface area contributed by atoms with E-state index < -0.39 is 6.04 Å². The summed E-state index contributed by atoms with van der Waals surface area (Å²) in [6, 6.07) is 20.5. The molecule has 0 bridgehead atoms. The zero-order valence-corrected chi connectivity index (χ0v) is 20.2. The number of para-hydroxylation sites is 1. The third kappa shape index (κ3) is 4.45. The van der Waals surface area contributed by atoms with E-state index in [4.69, 9.17) is 9.26 Å². The van der Waals surface area contributed by atoms with Gasteiger partial charge in [-0.25, -0.2) is 9.18 Å². The number of ether oxygens (including phenoxy) is 1. The Kier molecular flexibility index (Phi) is 6.25. The first kappa shape index (κ1) is 23.3. The fourth-order valence-electron chi connectivity index (χ4n) is 4.39. The van der Waals surface area contributed by atoms with Crippen molar-refractivity contribution in [3.05, 3.63) is 107 Å². The Morgan fingerprint density at radius 3 is 2.58 bits per heavy atom. The standard InChI is InChI=1S/C28H25FN4O3/c1-17-7-6-9-20(15-17)26-31-27(36-32-26)24-18(2)33(16-21-8-4-5-10-23(21)35-3)28(34)30-25(24)19-11-13-22(29)14-12-19/h4-15,25H,16H2,1-3H3,(H,30,34). The van der Waals surface area contributed by atoms with Crippen molar-refractivity contribution in [1.29, 1.82) is 0 Å². The number of nitrogens with one attached hydrogen (secondary N) is 1. The van der Waals surface area contributed by atoms with Crippen molar-refractivity contribution in [2.75, 3.05) is 7.11 Å². The van der Waals surface area contributed by atoms with Crippen LogP contribution in [0, 0.1) is 12.7 Å². The summed E-state index contributed by atoms with van der Waals surface area (Å²) in [6.45, 7) is 4.12. The average molecular weight is 485 g/mol. The molecule has 0 spiro atoms. The summed E-state index contributed by atoms with van der Waals surface area (Å²) in [5, 5.41) is 7.24. The van der Waals surface area contributed by atoms with Gasteiger partial charge in [0.25, 0.3) is 5.89 Å². The zero-order chi connectivity index (χ0) is 25.2. The van der Waals surface area contributed by atoms with Crippen molar-refractivity contribution in [1.82, 2.24) is 20.4 Å². The van der Waals surface area contributed by atoms with Crippen LogP contribution in [0.2, 0.25) is 0 Å². The van der Waals surface area contributed by atoms with E-state index in [1.807, 2.05) is 62.4 Å². The first-order valence-corrected chi connectivity index (χ1v) is 11.5. The van der Waals surface area contributed by atoms with E-state index in [1.54, 1.807) is 24.1 Å². The Morgan fingerprint density at radius 1 is 1.06 bits per heavy atom. The van der Waals surface area contributed by atoms with Gasteiger partial charge >= 0.3 is 6.03 Å². The summed E-state index contributed by atoms with van der Waals surface area (Å²) in [6.07, 6.45) is 0. The molecule has 0 fully saturated rings. The molecule has 0 radical (unpaired) electrons. The van der Waals surface area contributed by atoms with Crippen molar-refractivity contribution in [3.63, 3.8) is 0 Å². The molecule has 0 saturated heterocycles. The number of carbonyl (C=O) groups excluding carboxylic acids is 1. The SMILES string of the molecule is COc1ccccc1CN1C(=O)NC(c2ccc(F)cc2)C(c2nc(-c3cccc(C)c3)no2)=C1C. The van der Waals surface area contributed by atoms with Crippen LogP contribution in [0.15, 0.2) is 83.0 Å². The molecule has 8 heteroatoms. The number of aromatic nitrogens is 2. The lowest BCUT2D eigenvalue weighted by Crippen LogP contribution is -2.45. The third-order valence-electron chi connectivity index (χ3n) is 6.25. The molecule has 2 heterocycles. The Labute approximate surface area is 208 Å². The van der Waals surface area contributed by atoms with Gasteiger partial charge in [-0.15, -0.1) is 0 Å². The van der Waals surface area contributed by atoms with Crippen molar-refractivity contribution in [2.45, 2.75) is 26.4 Å². The highest BCUT2D eigenvalue weighted by Crippen LogP contribution is 2.38. The van der Waals surface area contributed by atoms with Crippen molar-refractivity contribution in [2.24, 2.45) is 0 Å². The van der Waals surface area contributed by atoms with Gasteiger partial charge < -0.3 is 14.6 Å². The Morgan fingerprint density at radius 2 is 1.83 bits per heavy atom. The molecule has 2 amide bonds. The topological polar surface area (TPSA) is 80.5 Å². The third-order valence-corrected chi connectivity index (χ3v) is 6.25. The smallest absolute Gasteiger partial charge is 0.322 e. The molecule has 36 heavy (non-hydrogen) atoms. The highest BCUT2D eigenvalue weighted by molar-refractivity contribution is 5.87.